The Bertz CT molecular complexity index is 303. The molecule has 1 N–H and O–H groups in total. The van der Waals surface area contributed by atoms with Gasteiger partial charge in [-0.1, -0.05) is 19.3 Å². The third-order valence-corrected chi connectivity index (χ3v) is 2.95. The molecular formula is C14H25NO3. The summed E-state index contributed by atoms with van der Waals surface area (Å²) in [4.78, 5) is 23.3. The van der Waals surface area contributed by atoms with Crippen LogP contribution in [0.5, 0.6) is 0 Å². The van der Waals surface area contributed by atoms with E-state index < -0.39 is 17.7 Å². The van der Waals surface area contributed by atoms with Gasteiger partial charge < -0.3 is 10.1 Å². The lowest BCUT2D eigenvalue weighted by molar-refractivity contribution is -0.120. The van der Waals surface area contributed by atoms with Gasteiger partial charge in [0.1, 0.15) is 5.60 Å². The van der Waals surface area contributed by atoms with Gasteiger partial charge in [-0.15, -0.1) is 0 Å². The van der Waals surface area contributed by atoms with E-state index in [1.54, 1.807) is 27.7 Å². The number of ether oxygens (including phenoxy) is 1. The number of alkyl carbamates (subject to hydrolysis) is 1. The van der Waals surface area contributed by atoms with Crippen LogP contribution in [-0.2, 0) is 9.53 Å². The molecule has 1 fully saturated rings. The lowest BCUT2D eigenvalue weighted by Gasteiger charge is -2.21. The summed E-state index contributed by atoms with van der Waals surface area (Å²) in [6.07, 6.45) is 4.74. The van der Waals surface area contributed by atoms with Gasteiger partial charge in [-0.05, 0) is 40.0 Å². The number of hydrogen-bond acceptors (Lipinski definition) is 3. The van der Waals surface area contributed by atoms with Gasteiger partial charge in [-0.3, -0.25) is 4.79 Å². The van der Waals surface area contributed by atoms with E-state index in [1.807, 2.05) is 0 Å². The molecule has 1 rings (SSSR count). The van der Waals surface area contributed by atoms with Gasteiger partial charge in [0.15, 0.2) is 5.78 Å². The summed E-state index contributed by atoms with van der Waals surface area (Å²) in [7, 11) is 0. The molecule has 0 aromatic heterocycles. The fourth-order valence-corrected chi connectivity index (χ4v) is 1.75. The van der Waals surface area contributed by atoms with Crippen molar-refractivity contribution in [3.63, 3.8) is 0 Å². The number of rotatable bonds is 6. The number of nitrogens with one attached hydrogen (secondary N) is 1. The number of amides is 1. The van der Waals surface area contributed by atoms with Crippen molar-refractivity contribution in [3.05, 3.63) is 0 Å². The summed E-state index contributed by atoms with van der Waals surface area (Å²) >= 11 is 0. The Labute approximate surface area is 109 Å². The van der Waals surface area contributed by atoms with E-state index in [0.29, 0.717) is 6.42 Å². The van der Waals surface area contributed by atoms with E-state index in [9.17, 15) is 9.59 Å². The summed E-state index contributed by atoms with van der Waals surface area (Å²) in [6.45, 7) is 7.11. The third-order valence-electron chi connectivity index (χ3n) is 2.95. The van der Waals surface area contributed by atoms with Crippen molar-refractivity contribution in [1.82, 2.24) is 5.32 Å². The van der Waals surface area contributed by atoms with Crippen LogP contribution in [0, 0.1) is 5.92 Å². The summed E-state index contributed by atoms with van der Waals surface area (Å²) in [6, 6.07) is -0.459. The van der Waals surface area contributed by atoms with Crippen LogP contribution < -0.4 is 5.32 Å². The number of hydrogen-bond donors (Lipinski definition) is 1. The molecule has 1 saturated carbocycles. The molecule has 18 heavy (non-hydrogen) atoms. The average molecular weight is 255 g/mol. The van der Waals surface area contributed by atoms with Crippen molar-refractivity contribution in [2.45, 2.75) is 71.4 Å². The number of ketones is 1. The molecule has 0 unspecified atom stereocenters. The van der Waals surface area contributed by atoms with Crippen molar-refractivity contribution >= 4 is 11.9 Å². The number of carbonyl (C=O) groups is 2. The molecule has 104 valence electrons. The Hall–Kier alpha value is -1.06. The summed E-state index contributed by atoms with van der Waals surface area (Å²) < 4.78 is 5.11. The molecule has 0 aromatic carbocycles. The van der Waals surface area contributed by atoms with Crippen LogP contribution in [0.4, 0.5) is 4.79 Å². The van der Waals surface area contributed by atoms with Gasteiger partial charge in [0.25, 0.3) is 0 Å². The molecule has 0 radical (unpaired) electrons. The first kappa shape index (κ1) is 15.0. The molecule has 4 heteroatoms. The first-order chi connectivity index (χ1) is 8.28. The van der Waals surface area contributed by atoms with Crippen molar-refractivity contribution in [2.75, 3.05) is 0 Å². The van der Waals surface area contributed by atoms with E-state index in [2.05, 4.69) is 5.32 Å². The van der Waals surface area contributed by atoms with Gasteiger partial charge in [0.2, 0.25) is 0 Å². The Morgan fingerprint density at radius 1 is 1.33 bits per heavy atom. The average Bonchev–Trinajstić information content (AvgIpc) is 2.98. The lowest BCUT2D eigenvalue weighted by atomic mass is 10.1. The highest BCUT2D eigenvalue weighted by Crippen LogP contribution is 2.33. The topological polar surface area (TPSA) is 55.4 Å². The Kier molecular flexibility index (Phi) is 5.17. The lowest BCUT2D eigenvalue weighted by Crippen LogP contribution is -2.41. The number of Topliss-reactive ketones (excluding diaryl/α,β-unsaturated/α-hetero) is 1. The van der Waals surface area contributed by atoms with Gasteiger partial charge >= 0.3 is 6.09 Å². The van der Waals surface area contributed by atoms with Gasteiger partial charge in [0, 0.05) is 6.42 Å². The minimum absolute atomic E-state index is 0.0847. The highest BCUT2D eigenvalue weighted by atomic mass is 16.6. The Morgan fingerprint density at radius 2 is 1.94 bits per heavy atom. The molecule has 1 amide bonds. The molecule has 0 aromatic rings. The Morgan fingerprint density at radius 3 is 2.44 bits per heavy atom. The fourth-order valence-electron chi connectivity index (χ4n) is 1.75. The van der Waals surface area contributed by atoms with Crippen molar-refractivity contribution < 1.29 is 14.3 Å². The van der Waals surface area contributed by atoms with Crippen LogP contribution in [0.25, 0.3) is 0 Å². The highest BCUT2D eigenvalue weighted by molar-refractivity contribution is 5.86. The SMILES string of the molecule is C[C@@H](NC(=O)OC(C)(C)C)C(=O)CCCC1CC1. The van der Waals surface area contributed by atoms with Crippen LogP contribution in [-0.4, -0.2) is 23.5 Å². The van der Waals surface area contributed by atoms with Crippen LogP contribution in [0.15, 0.2) is 0 Å². The second-order valence-corrected chi connectivity index (χ2v) is 6.17. The smallest absolute Gasteiger partial charge is 0.408 e. The minimum atomic E-state index is -0.529. The van der Waals surface area contributed by atoms with Gasteiger partial charge in [0.05, 0.1) is 6.04 Å². The van der Waals surface area contributed by atoms with Crippen LogP contribution in [0.3, 0.4) is 0 Å². The highest BCUT2D eigenvalue weighted by Gasteiger charge is 2.23. The van der Waals surface area contributed by atoms with E-state index >= 15 is 0 Å². The first-order valence-electron chi connectivity index (χ1n) is 6.80. The first-order valence-corrected chi connectivity index (χ1v) is 6.80. The molecular weight excluding hydrogens is 230 g/mol. The van der Waals surface area contributed by atoms with Crippen molar-refractivity contribution in [1.29, 1.82) is 0 Å². The normalized spacial score (nSPS) is 17.1. The summed E-state index contributed by atoms with van der Waals surface area (Å²) in [5.41, 5.74) is -0.529. The predicted octanol–water partition coefficient (Wildman–Crippen LogP) is 3.05. The van der Waals surface area contributed by atoms with Crippen LogP contribution >= 0.6 is 0 Å². The summed E-state index contributed by atoms with van der Waals surface area (Å²) in [5, 5.41) is 2.58. The van der Waals surface area contributed by atoms with E-state index in [0.717, 1.165) is 18.8 Å². The number of carbonyl (C=O) groups excluding carboxylic acids is 2. The molecule has 1 atom stereocenters. The monoisotopic (exact) mass is 255 g/mol. The van der Waals surface area contributed by atoms with Crippen LogP contribution in [0.1, 0.15) is 59.8 Å². The van der Waals surface area contributed by atoms with Crippen LogP contribution in [0.2, 0.25) is 0 Å². The largest absolute Gasteiger partial charge is 0.444 e. The molecule has 4 nitrogen and oxygen atoms in total. The zero-order valence-electron chi connectivity index (χ0n) is 11.9. The fraction of sp³-hybridized carbons (Fsp3) is 0.857. The third kappa shape index (κ3) is 6.62. The standard InChI is InChI=1S/C14H25NO3/c1-10(15-13(17)18-14(2,3)4)12(16)7-5-6-11-8-9-11/h10-11H,5-9H2,1-4H3,(H,15,17)/t10-/m1/s1. The molecule has 0 aliphatic heterocycles. The second kappa shape index (κ2) is 6.21. The summed E-state index contributed by atoms with van der Waals surface area (Å²) in [5.74, 6) is 0.938. The Balaban J connectivity index is 2.18. The molecule has 0 spiro atoms. The quantitative estimate of drug-likeness (QED) is 0.793. The molecule has 1 aliphatic carbocycles. The van der Waals surface area contributed by atoms with Gasteiger partial charge in [-0.2, -0.15) is 0 Å². The van der Waals surface area contributed by atoms with Gasteiger partial charge in [-0.25, -0.2) is 4.79 Å². The second-order valence-electron chi connectivity index (χ2n) is 6.17. The van der Waals surface area contributed by atoms with E-state index in [4.69, 9.17) is 4.74 Å². The predicted molar refractivity (Wildman–Crippen MR) is 70.4 cm³/mol. The molecule has 0 heterocycles. The maximum absolute atomic E-state index is 11.8. The van der Waals surface area contributed by atoms with E-state index in [1.165, 1.54) is 12.8 Å². The van der Waals surface area contributed by atoms with Crippen molar-refractivity contribution in [3.8, 4) is 0 Å². The maximum atomic E-state index is 11.8. The van der Waals surface area contributed by atoms with E-state index in [-0.39, 0.29) is 5.78 Å². The zero-order valence-corrected chi connectivity index (χ0v) is 11.9. The van der Waals surface area contributed by atoms with Crippen molar-refractivity contribution in [2.24, 2.45) is 5.92 Å². The molecule has 1 aliphatic rings. The molecule has 0 bridgehead atoms. The minimum Gasteiger partial charge on any atom is -0.444 e. The molecule has 0 saturated heterocycles. The maximum Gasteiger partial charge on any atom is 0.408 e. The zero-order chi connectivity index (χ0) is 13.8.